The molecular weight excluding hydrogens is 793 g/mol. The monoisotopic (exact) mass is 895 g/mol. The molecule has 6 aliphatic carbocycles. The fourth-order valence-electron chi connectivity index (χ4n) is 15.4. The molecule has 0 spiro atoms. The average molecular weight is 896 g/mol. The zero-order valence-electron chi connectivity index (χ0n) is 44.1. The summed E-state index contributed by atoms with van der Waals surface area (Å²) in [6, 6.07) is 28.0. The van der Waals surface area contributed by atoms with E-state index in [1.807, 2.05) is 0 Å². The Bertz CT molecular complexity index is 1490. The molecule has 66 heavy (non-hydrogen) atoms. The van der Waals surface area contributed by atoms with Gasteiger partial charge in [0.1, 0.15) is 0 Å². The normalized spacial score (nSPS) is 32.8. The SMILES string of the molecule is CCCC1CCC(C2CCC(c3ccc(C)cc3)CC2)CC1.CCCC1CCC(C2CCC(c3ccc(C)cc3)CC2)CC1.CCCC1CCC(C2CCC(c3ccc(C)cc3)CC2)CC1. The zero-order chi connectivity index (χ0) is 46.1. The van der Waals surface area contributed by atoms with Crippen LogP contribution in [0.2, 0.25) is 0 Å². The quantitative estimate of drug-likeness (QED) is 0.170. The predicted octanol–water partition coefficient (Wildman–Crippen LogP) is 20.6. The highest BCUT2D eigenvalue weighted by atomic mass is 14.4. The highest BCUT2D eigenvalue weighted by Crippen LogP contribution is 2.47. The standard InChI is InChI=1S/3C22H34/c3*1-3-4-18-7-11-20(12-8-18)22-15-13-21(14-16-22)19-9-5-17(2)6-10-19/h3*5-6,9-10,18,20-22H,3-4,7-8,11-16H2,1-2H3. The van der Waals surface area contributed by atoms with Crippen LogP contribution in [0.5, 0.6) is 0 Å². The van der Waals surface area contributed by atoms with Crippen LogP contribution in [0.3, 0.4) is 0 Å². The van der Waals surface area contributed by atoms with E-state index >= 15 is 0 Å². The van der Waals surface area contributed by atoms with Gasteiger partial charge in [0.05, 0.1) is 0 Å². The van der Waals surface area contributed by atoms with Crippen LogP contribution in [0.4, 0.5) is 0 Å². The van der Waals surface area contributed by atoms with Gasteiger partial charge in [-0.05, 0) is 224 Å². The van der Waals surface area contributed by atoms with Gasteiger partial charge in [-0.15, -0.1) is 0 Å². The Morgan fingerprint density at radius 3 is 0.621 bits per heavy atom. The van der Waals surface area contributed by atoms with Gasteiger partial charge in [-0.25, -0.2) is 0 Å². The van der Waals surface area contributed by atoms with E-state index in [1.54, 1.807) is 16.7 Å². The molecule has 0 saturated heterocycles. The fourth-order valence-corrected chi connectivity index (χ4v) is 15.4. The first-order valence-corrected chi connectivity index (χ1v) is 29.5. The molecule has 0 aliphatic heterocycles. The third kappa shape index (κ3) is 15.6. The molecule has 6 saturated carbocycles. The Labute approximate surface area is 409 Å². The third-order valence-electron chi connectivity index (χ3n) is 19.7. The summed E-state index contributed by atoms with van der Waals surface area (Å²) in [5.74, 6) is 12.0. The molecule has 0 unspecified atom stereocenters. The molecule has 0 bridgehead atoms. The first-order chi connectivity index (χ1) is 32.3. The van der Waals surface area contributed by atoms with Crippen LogP contribution < -0.4 is 0 Å². The van der Waals surface area contributed by atoms with Crippen LogP contribution in [-0.2, 0) is 0 Å². The van der Waals surface area contributed by atoms with Crippen LogP contribution in [0.15, 0.2) is 72.8 Å². The van der Waals surface area contributed by atoms with E-state index in [9.17, 15) is 0 Å². The van der Waals surface area contributed by atoms with Gasteiger partial charge < -0.3 is 0 Å². The summed E-state index contributed by atoms with van der Waals surface area (Å²) in [5, 5.41) is 0. The highest BCUT2D eigenvalue weighted by molar-refractivity contribution is 5.27. The number of aryl methyl sites for hydroxylation is 3. The second-order valence-electron chi connectivity index (χ2n) is 24.3. The minimum atomic E-state index is 0.841. The molecular formula is C66H102. The lowest BCUT2D eigenvalue weighted by Gasteiger charge is -2.38. The molecule has 0 heteroatoms. The summed E-state index contributed by atoms with van der Waals surface area (Å²) in [5.41, 5.74) is 8.95. The smallest absolute Gasteiger partial charge is 0.0162 e. The van der Waals surface area contributed by atoms with Crippen molar-refractivity contribution in [2.45, 2.75) is 252 Å². The third-order valence-corrected chi connectivity index (χ3v) is 19.7. The van der Waals surface area contributed by atoms with Crippen molar-refractivity contribution in [2.75, 3.05) is 0 Å². The maximum Gasteiger partial charge on any atom is -0.0162 e. The lowest BCUT2D eigenvalue weighted by Crippen LogP contribution is -2.25. The molecule has 3 aromatic carbocycles. The summed E-state index contributed by atoms with van der Waals surface area (Å²) >= 11 is 0. The van der Waals surface area contributed by atoms with Gasteiger partial charge in [-0.1, -0.05) is 187 Å². The summed E-state index contributed by atoms with van der Waals surface area (Å²) in [6.07, 6.45) is 44.5. The minimum absolute atomic E-state index is 0.841. The lowest BCUT2D eigenvalue weighted by atomic mass is 9.68. The number of hydrogen-bond donors (Lipinski definition) is 0. The molecule has 0 N–H and O–H groups in total. The molecule has 0 aromatic heterocycles. The van der Waals surface area contributed by atoms with Crippen molar-refractivity contribution >= 4 is 0 Å². The first kappa shape index (κ1) is 51.5. The molecule has 3 aromatic rings. The van der Waals surface area contributed by atoms with E-state index in [0.717, 1.165) is 71.0 Å². The van der Waals surface area contributed by atoms with E-state index in [1.165, 1.54) is 209 Å². The second-order valence-corrected chi connectivity index (χ2v) is 24.3. The van der Waals surface area contributed by atoms with E-state index in [-0.39, 0.29) is 0 Å². The summed E-state index contributed by atoms with van der Waals surface area (Å²) in [4.78, 5) is 0. The van der Waals surface area contributed by atoms with E-state index in [2.05, 4.69) is 114 Å². The molecule has 0 atom stereocenters. The van der Waals surface area contributed by atoms with Crippen molar-refractivity contribution in [3.63, 3.8) is 0 Å². The van der Waals surface area contributed by atoms with Gasteiger partial charge in [-0.2, -0.15) is 0 Å². The molecule has 9 rings (SSSR count). The van der Waals surface area contributed by atoms with E-state index < -0.39 is 0 Å². The largest absolute Gasteiger partial charge is 0.0654 e. The maximum absolute atomic E-state index is 2.37. The van der Waals surface area contributed by atoms with Crippen LogP contribution in [-0.4, -0.2) is 0 Å². The van der Waals surface area contributed by atoms with Crippen LogP contribution in [0, 0.1) is 74.0 Å². The molecule has 0 nitrogen and oxygen atoms in total. The van der Waals surface area contributed by atoms with E-state index in [0.29, 0.717) is 0 Å². The molecule has 6 fully saturated rings. The van der Waals surface area contributed by atoms with Crippen molar-refractivity contribution in [3.05, 3.63) is 106 Å². The van der Waals surface area contributed by atoms with Gasteiger partial charge in [0.25, 0.3) is 0 Å². The Kier molecular flexibility index (Phi) is 21.2. The van der Waals surface area contributed by atoms with Gasteiger partial charge in [0.2, 0.25) is 0 Å². The molecule has 0 radical (unpaired) electrons. The zero-order valence-corrected chi connectivity index (χ0v) is 44.1. The van der Waals surface area contributed by atoms with Crippen molar-refractivity contribution < 1.29 is 0 Å². The predicted molar refractivity (Wildman–Crippen MR) is 289 cm³/mol. The van der Waals surface area contributed by atoms with Gasteiger partial charge >= 0.3 is 0 Å². The van der Waals surface area contributed by atoms with Gasteiger partial charge in [0.15, 0.2) is 0 Å². The topological polar surface area (TPSA) is 0 Å². The highest BCUT2D eigenvalue weighted by Gasteiger charge is 2.34. The first-order valence-electron chi connectivity index (χ1n) is 29.5. The molecule has 6 aliphatic rings. The van der Waals surface area contributed by atoms with Crippen LogP contribution >= 0.6 is 0 Å². The minimum Gasteiger partial charge on any atom is -0.0654 e. The average Bonchev–Trinajstić information content (AvgIpc) is 3.36. The number of hydrogen-bond acceptors (Lipinski definition) is 0. The Morgan fingerprint density at radius 2 is 0.439 bits per heavy atom. The van der Waals surface area contributed by atoms with Crippen molar-refractivity contribution in [1.82, 2.24) is 0 Å². The molecule has 0 heterocycles. The van der Waals surface area contributed by atoms with Crippen LogP contribution in [0.1, 0.15) is 265 Å². The Morgan fingerprint density at radius 1 is 0.258 bits per heavy atom. The Balaban J connectivity index is 0.000000147. The summed E-state index contributed by atoms with van der Waals surface area (Å²) in [6.45, 7) is 13.6. The summed E-state index contributed by atoms with van der Waals surface area (Å²) in [7, 11) is 0. The van der Waals surface area contributed by atoms with Crippen molar-refractivity contribution in [1.29, 1.82) is 0 Å². The van der Waals surface area contributed by atoms with Crippen LogP contribution in [0.25, 0.3) is 0 Å². The van der Waals surface area contributed by atoms with Crippen molar-refractivity contribution in [2.24, 2.45) is 53.3 Å². The molecule has 0 amide bonds. The summed E-state index contributed by atoms with van der Waals surface area (Å²) < 4.78 is 0. The van der Waals surface area contributed by atoms with E-state index in [4.69, 9.17) is 0 Å². The lowest BCUT2D eigenvalue weighted by molar-refractivity contribution is 0.156. The number of rotatable bonds is 12. The maximum atomic E-state index is 2.37. The number of benzene rings is 3. The second kappa shape index (κ2) is 27.2. The fraction of sp³-hybridized carbons (Fsp3) is 0.727. The van der Waals surface area contributed by atoms with Crippen molar-refractivity contribution in [3.8, 4) is 0 Å². The van der Waals surface area contributed by atoms with Gasteiger partial charge in [0, 0.05) is 0 Å². The molecule has 366 valence electrons. The van der Waals surface area contributed by atoms with Gasteiger partial charge in [-0.3, -0.25) is 0 Å². The Hall–Kier alpha value is -2.34.